The van der Waals surface area contributed by atoms with Crippen LogP contribution in [0.4, 0.5) is 11.4 Å². The molecule has 2 aliphatic heterocycles. The molecular formula is C37H30N6. The number of hydrogen-bond donors (Lipinski definition) is 0. The zero-order valence-corrected chi connectivity index (χ0v) is 24.2. The molecular weight excluding hydrogens is 528 g/mol. The first kappa shape index (κ1) is 25.4. The molecule has 6 heterocycles. The van der Waals surface area contributed by atoms with Gasteiger partial charge < -0.3 is 9.80 Å². The van der Waals surface area contributed by atoms with E-state index < -0.39 is 0 Å². The molecule has 0 radical (unpaired) electrons. The van der Waals surface area contributed by atoms with Gasteiger partial charge in [-0.1, -0.05) is 24.3 Å². The first-order valence-electron chi connectivity index (χ1n) is 14.6. The van der Waals surface area contributed by atoms with Crippen LogP contribution in [0.25, 0.3) is 45.0 Å². The van der Waals surface area contributed by atoms with Gasteiger partial charge in [0.2, 0.25) is 0 Å². The smallest absolute Gasteiger partial charge is 0.0910 e. The fraction of sp³-hybridized carbons (Fsp3) is 0.135. The number of hydrogen-bond acceptors (Lipinski definition) is 6. The van der Waals surface area contributed by atoms with Crippen LogP contribution >= 0.6 is 0 Å². The zero-order valence-electron chi connectivity index (χ0n) is 24.2. The Labute approximate surface area is 251 Å². The van der Waals surface area contributed by atoms with Gasteiger partial charge in [0.1, 0.15) is 0 Å². The Balaban J connectivity index is 1.09. The van der Waals surface area contributed by atoms with Crippen LogP contribution in [0.5, 0.6) is 0 Å². The first-order valence-corrected chi connectivity index (χ1v) is 14.6. The molecule has 0 saturated heterocycles. The molecule has 0 spiro atoms. The van der Waals surface area contributed by atoms with Crippen molar-refractivity contribution in [2.45, 2.75) is 26.9 Å². The molecule has 2 aliphatic rings. The second-order valence-corrected chi connectivity index (χ2v) is 11.4. The standard InChI is InChI=1S/C37H30N6/c1-24-15-28(26-9-11-34(40-19-26)32-7-3-5-13-38-32)17-30-21-43-23-42(36(24)30)22-31-18-29(16-25(2)37(31)43)27-10-12-35(41-20-27)33-8-4-6-14-39-33/h3-20H,21-23H2,1-2H3. The molecule has 6 heteroatoms. The highest BCUT2D eigenvalue weighted by molar-refractivity contribution is 5.79. The highest BCUT2D eigenvalue weighted by atomic mass is 15.4. The maximum absolute atomic E-state index is 4.73. The summed E-state index contributed by atoms with van der Waals surface area (Å²) in [5.41, 5.74) is 16.2. The van der Waals surface area contributed by atoms with E-state index in [0.717, 1.165) is 53.7 Å². The third-order valence-corrected chi connectivity index (χ3v) is 8.50. The van der Waals surface area contributed by atoms with Crippen LogP contribution in [0.1, 0.15) is 22.3 Å². The summed E-state index contributed by atoms with van der Waals surface area (Å²) in [6, 6.07) is 29.6. The summed E-state index contributed by atoms with van der Waals surface area (Å²) in [5.74, 6) is 0. The van der Waals surface area contributed by atoms with Crippen molar-refractivity contribution in [2.75, 3.05) is 16.5 Å². The molecule has 0 saturated carbocycles. The minimum Gasteiger partial charge on any atom is -0.349 e. The molecule has 0 amide bonds. The fourth-order valence-electron chi connectivity index (χ4n) is 6.66. The van der Waals surface area contributed by atoms with Gasteiger partial charge in [0.05, 0.1) is 29.4 Å². The number of aryl methyl sites for hydroxylation is 2. The zero-order chi connectivity index (χ0) is 28.9. The monoisotopic (exact) mass is 558 g/mol. The van der Waals surface area contributed by atoms with Crippen molar-refractivity contribution in [1.29, 1.82) is 0 Å². The molecule has 8 rings (SSSR count). The summed E-state index contributed by atoms with van der Waals surface area (Å²) in [6.45, 7) is 7.14. The molecule has 0 N–H and O–H groups in total. The van der Waals surface area contributed by atoms with E-state index >= 15 is 0 Å². The number of anilines is 2. The molecule has 0 atom stereocenters. The van der Waals surface area contributed by atoms with Gasteiger partial charge in [-0.05, 0) is 108 Å². The van der Waals surface area contributed by atoms with Crippen molar-refractivity contribution < 1.29 is 0 Å². The lowest BCUT2D eigenvalue weighted by Crippen LogP contribution is -2.46. The Kier molecular flexibility index (Phi) is 6.00. The second-order valence-electron chi connectivity index (χ2n) is 11.4. The molecule has 4 aromatic heterocycles. The summed E-state index contributed by atoms with van der Waals surface area (Å²) in [5, 5.41) is 0. The Morgan fingerprint density at radius 3 is 1.35 bits per heavy atom. The van der Waals surface area contributed by atoms with E-state index in [1.807, 2.05) is 48.8 Å². The van der Waals surface area contributed by atoms with Crippen molar-refractivity contribution in [2.24, 2.45) is 0 Å². The minimum absolute atomic E-state index is 0.882. The average Bonchev–Trinajstić information content (AvgIpc) is 3.05. The molecule has 2 bridgehead atoms. The van der Waals surface area contributed by atoms with Gasteiger partial charge in [-0.15, -0.1) is 0 Å². The SMILES string of the molecule is Cc1cc(-c2ccc(-c3ccccn3)nc2)cc2c1N1Cc3cc(-c4ccc(-c5ccccn5)nc4)cc(C)c3N(C2)C1. The van der Waals surface area contributed by atoms with Crippen molar-refractivity contribution in [1.82, 2.24) is 19.9 Å². The minimum atomic E-state index is 0.882. The topological polar surface area (TPSA) is 58.0 Å². The van der Waals surface area contributed by atoms with E-state index in [4.69, 9.17) is 9.97 Å². The molecule has 0 aliphatic carbocycles. The molecule has 6 aromatic rings. The molecule has 0 unspecified atom stereocenters. The van der Waals surface area contributed by atoms with Crippen LogP contribution in [-0.2, 0) is 13.1 Å². The van der Waals surface area contributed by atoms with E-state index in [1.165, 1.54) is 44.8 Å². The predicted molar refractivity (Wildman–Crippen MR) is 173 cm³/mol. The molecule has 6 nitrogen and oxygen atoms in total. The first-order chi connectivity index (χ1) is 21.1. The summed E-state index contributed by atoms with van der Waals surface area (Å²) >= 11 is 0. The van der Waals surface area contributed by atoms with Crippen LogP contribution in [0.15, 0.2) is 110 Å². The normalized spacial score (nSPS) is 13.4. The predicted octanol–water partition coefficient (Wildman–Crippen LogP) is 7.85. The number of fused-ring (bicyclic) bond motifs is 6. The van der Waals surface area contributed by atoms with Crippen LogP contribution in [0.3, 0.4) is 0 Å². The number of aromatic nitrogens is 4. The summed E-state index contributed by atoms with van der Waals surface area (Å²) in [6.07, 6.45) is 7.54. The van der Waals surface area contributed by atoms with Crippen molar-refractivity contribution in [3.05, 3.63) is 132 Å². The maximum atomic E-state index is 4.73. The van der Waals surface area contributed by atoms with Crippen LogP contribution < -0.4 is 9.80 Å². The van der Waals surface area contributed by atoms with Crippen LogP contribution in [0.2, 0.25) is 0 Å². The summed E-state index contributed by atoms with van der Waals surface area (Å²) in [4.78, 5) is 23.4. The number of rotatable bonds is 4. The highest BCUT2D eigenvalue weighted by Crippen LogP contribution is 2.44. The van der Waals surface area contributed by atoms with E-state index in [0.29, 0.717) is 0 Å². The second kappa shape index (κ2) is 10.2. The highest BCUT2D eigenvalue weighted by Gasteiger charge is 2.32. The molecule has 208 valence electrons. The summed E-state index contributed by atoms with van der Waals surface area (Å²) in [7, 11) is 0. The van der Waals surface area contributed by atoms with Gasteiger partial charge in [-0.3, -0.25) is 19.9 Å². The van der Waals surface area contributed by atoms with Crippen molar-refractivity contribution in [3.8, 4) is 45.0 Å². The molecule has 0 fully saturated rings. The van der Waals surface area contributed by atoms with Gasteiger partial charge in [-0.2, -0.15) is 0 Å². The Hall–Kier alpha value is -5.36. The Morgan fingerprint density at radius 2 is 0.953 bits per heavy atom. The largest absolute Gasteiger partial charge is 0.349 e. The maximum Gasteiger partial charge on any atom is 0.0910 e. The third-order valence-electron chi connectivity index (χ3n) is 8.50. The number of benzene rings is 2. The quantitative estimate of drug-likeness (QED) is 0.220. The van der Waals surface area contributed by atoms with E-state index in [1.54, 1.807) is 12.4 Å². The lowest BCUT2D eigenvalue weighted by atomic mass is 9.92. The van der Waals surface area contributed by atoms with Gasteiger partial charge in [-0.25, -0.2) is 0 Å². The van der Waals surface area contributed by atoms with Crippen LogP contribution in [-0.4, -0.2) is 26.6 Å². The summed E-state index contributed by atoms with van der Waals surface area (Å²) < 4.78 is 0. The van der Waals surface area contributed by atoms with Gasteiger partial charge >= 0.3 is 0 Å². The Morgan fingerprint density at radius 1 is 0.488 bits per heavy atom. The van der Waals surface area contributed by atoms with Crippen molar-refractivity contribution in [3.63, 3.8) is 0 Å². The lowest BCUT2D eigenvalue weighted by molar-refractivity contribution is 0.647. The van der Waals surface area contributed by atoms with E-state index in [9.17, 15) is 0 Å². The van der Waals surface area contributed by atoms with Crippen LogP contribution in [0, 0.1) is 13.8 Å². The van der Waals surface area contributed by atoms with E-state index in [2.05, 4.69) is 82.1 Å². The third kappa shape index (κ3) is 4.52. The molecule has 43 heavy (non-hydrogen) atoms. The lowest BCUT2D eigenvalue weighted by Gasteiger charge is -2.46. The molecule has 2 aromatic carbocycles. The fourth-order valence-corrected chi connectivity index (χ4v) is 6.66. The van der Waals surface area contributed by atoms with Crippen molar-refractivity contribution >= 4 is 11.4 Å². The van der Waals surface area contributed by atoms with Gasteiger partial charge in [0.15, 0.2) is 0 Å². The Bertz CT molecular complexity index is 1810. The van der Waals surface area contributed by atoms with E-state index in [-0.39, 0.29) is 0 Å². The number of pyridine rings is 4. The van der Waals surface area contributed by atoms with Gasteiger partial charge in [0, 0.05) is 60.4 Å². The number of nitrogens with zero attached hydrogens (tertiary/aromatic N) is 6. The average molecular weight is 559 g/mol. The van der Waals surface area contributed by atoms with Gasteiger partial charge in [0.25, 0.3) is 0 Å².